The van der Waals surface area contributed by atoms with Crippen LogP contribution in [0.15, 0.2) is 48.5 Å². The van der Waals surface area contributed by atoms with Gasteiger partial charge in [0, 0.05) is 0 Å². The topological polar surface area (TPSA) is 72.5 Å². The average molecular weight is 351 g/mol. The van der Waals surface area contributed by atoms with E-state index in [1.807, 2.05) is 6.92 Å². The fraction of sp³-hybridized carbons (Fsp3) is 0.235. The first kappa shape index (κ1) is 17.9. The second-order valence-electron chi connectivity index (χ2n) is 5.14. The van der Waals surface area contributed by atoms with Gasteiger partial charge < -0.3 is 10.1 Å². The third-order valence-corrected chi connectivity index (χ3v) is 4.59. The van der Waals surface area contributed by atoms with Crippen LogP contribution in [0.4, 0.5) is 10.1 Å². The first-order chi connectivity index (χ1) is 11.4. The van der Waals surface area contributed by atoms with Gasteiger partial charge in [-0.1, -0.05) is 24.3 Å². The lowest BCUT2D eigenvalue weighted by Crippen LogP contribution is -2.24. The molecule has 0 saturated heterocycles. The van der Waals surface area contributed by atoms with Gasteiger partial charge in [0.2, 0.25) is 5.91 Å². The SMILES string of the molecule is CCOc1ccccc1NC(=O)CS(=O)(=O)Cc1ccc(F)cc1. The minimum Gasteiger partial charge on any atom is -0.492 e. The fourth-order valence-electron chi connectivity index (χ4n) is 2.12. The van der Waals surface area contributed by atoms with E-state index in [9.17, 15) is 17.6 Å². The number of carbonyl (C=O) groups is 1. The van der Waals surface area contributed by atoms with E-state index in [4.69, 9.17) is 4.74 Å². The van der Waals surface area contributed by atoms with Gasteiger partial charge >= 0.3 is 0 Å². The minimum absolute atomic E-state index is 0.326. The lowest BCUT2D eigenvalue weighted by atomic mass is 10.2. The molecule has 0 saturated carbocycles. The van der Waals surface area contributed by atoms with Crippen molar-refractivity contribution in [3.05, 3.63) is 59.9 Å². The number of sulfone groups is 1. The highest BCUT2D eigenvalue weighted by molar-refractivity contribution is 7.91. The van der Waals surface area contributed by atoms with Gasteiger partial charge in [-0.3, -0.25) is 4.79 Å². The second-order valence-corrected chi connectivity index (χ2v) is 7.20. The summed E-state index contributed by atoms with van der Waals surface area (Å²) in [6, 6.07) is 11.9. The van der Waals surface area contributed by atoms with E-state index in [0.717, 1.165) is 0 Å². The van der Waals surface area contributed by atoms with E-state index in [0.29, 0.717) is 23.6 Å². The van der Waals surface area contributed by atoms with Crippen LogP contribution in [0.5, 0.6) is 5.75 Å². The molecule has 0 atom stereocenters. The molecule has 5 nitrogen and oxygen atoms in total. The second kappa shape index (κ2) is 7.92. The van der Waals surface area contributed by atoms with E-state index in [1.54, 1.807) is 24.3 Å². The van der Waals surface area contributed by atoms with Crippen LogP contribution < -0.4 is 10.1 Å². The zero-order valence-electron chi connectivity index (χ0n) is 13.2. The minimum atomic E-state index is -3.67. The smallest absolute Gasteiger partial charge is 0.239 e. The van der Waals surface area contributed by atoms with E-state index >= 15 is 0 Å². The van der Waals surface area contributed by atoms with E-state index in [1.165, 1.54) is 24.3 Å². The average Bonchev–Trinajstić information content (AvgIpc) is 2.51. The molecule has 0 spiro atoms. The maximum atomic E-state index is 12.8. The van der Waals surface area contributed by atoms with Crippen LogP contribution in [-0.4, -0.2) is 26.7 Å². The summed E-state index contributed by atoms with van der Waals surface area (Å²) in [5.41, 5.74) is 0.847. The number of anilines is 1. The van der Waals surface area contributed by atoms with Gasteiger partial charge in [0.25, 0.3) is 0 Å². The molecule has 24 heavy (non-hydrogen) atoms. The lowest BCUT2D eigenvalue weighted by molar-refractivity contribution is -0.113. The standard InChI is InChI=1S/C17H18FNO4S/c1-2-23-16-6-4-3-5-15(16)19-17(20)12-24(21,22)11-13-7-9-14(18)10-8-13/h3-10H,2,11-12H2,1H3,(H,19,20). The van der Waals surface area contributed by atoms with Gasteiger partial charge in [-0.05, 0) is 36.8 Å². The molecule has 0 fully saturated rings. The summed E-state index contributed by atoms with van der Waals surface area (Å²) in [6.07, 6.45) is 0. The van der Waals surface area contributed by atoms with Crippen LogP contribution in [0.1, 0.15) is 12.5 Å². The van der Waals surface area contributed by atoms with Gasteiger partial charge in [-0.25, -0.2) is 12.8 Å². The van der Waals surface area contributed by atoms with Crippen molar-refractivity contribution in [3.8, 4) is 5.75 Å². The van der Waals surface area contributed by atoms with Crippen molar-refractivity contribution in [2.24, 2.45) is 0 Å². The van der Waals surface area contributed by atoms with Gasteiger partial charge in [-0.2, -0.15) is 0 Å². The predicted molar refractivity (Wildman–Crippen MR) is 90.1 cm³/mol. The van der Waals surface area contributed by atoms with Crippen molar-refractivity contribution in [1.29, 1.82) is 0 Å². The highest BCUT2D eigenvalue weighted by atomic mass is 32.2. The largest absolute Gasteiger partial charge is 0.492 e. The Labute approximate surface area is 140 Å². The number of rotatable bonds is 7. The summed E-state index contributed by atoms with van der Waals surface area (Å²) in [5, 5.41) is 2.54. The molecule has 0 heterocycles. The Balaban J connectivity index is 2.02. The molecule has 0 aliphatic carbocycles. The van der Waals surface area contributed by atoms with Crippen molar-refractivity contribution in [2.75, 3.05) is 17.7 Å². The molecule has 2 aromatic rings. The van der Waals surface area contributed by atoms with Gasteiger partial charge in [0.15, 0.2) is 9.84 Å². The first-order valence-corrected chi connectivity index (χ1v) is 9.18. The molecule has 0 unspecified atom stereocenters. The summed E-state index contributed by atoms with van der Waals surface area (Å²) in [7, 11) is -3.67. The van der Waals surface area contributed by atoms with Crippen LogP contribution in [-0.2, 0) is 20.4 Å². The molecule has 0 aromatic heterocycles. The van der Waals surface area contributed by atoms with E-state index in [2.05, 4.69) is 5.32 Å². The number of nitrogens with one attached hydrogen (secondary N) is 1. The van der Waals surface area contributed by atoms with Crippen molar-refractivity contribution >= 4 is 21.4 Å². The number of benzene rings is 2. The number of amides is 1. The highest BCUT2D eigenvalue weighted by Gasteiger charge is 2.18. The summed E-state index contributed by atoms with van der Waals surface area (Å²) >= 11 is 0. The van der Waals surface area contributed by atoms with Crippen LogP contribution in [0.2, 0.25) is 0 Å². The van der Waals surface area contributed by atoms with Crippen LogP contribution in [0, 0.1) is 5.82 Å². The summed E-state index contributed by atoms with van der Waals surface area (Å²) in [5.74, 6) is -1.60. The molecule has 1 amide bonds. The van der Waals surface area contributed by atoms with E-state index < -0.39 is 27.3 Å². The van der Waals surface area contributed by atoms with Crippen molar-refractivity contribution in [2.45, 2.75) is 12.7 Å². The number of carbonyl (C=O) groups excluding carboxylic acids is 1. The van der Waals surface area contributed by atoms with Crippen molar-refractivity contribution < 1.29 is 22.3 Å². The number of para-hydroxylation sites is 2. The monoisotopic (exact) mass is 351 g/mol. The van der Waals surface area contributed by atoms with Crippen molar-refractivity contribution in [1.82, 2.24) is 0 Å². The molecule has 2 aromatic carbocycles. The molecule has 0 aliphatic rings. The van der Waals surface area contributed by atoms with Crippen LogP contribution >= 0.6 is 0 Å². The zero-order chi connectivity index (χ0) is 17.6. The Hall–Kier alpha value is -2.41. The third kappa shape index (κ3) is 5.34. The first-order valence-electron chi connectivity index (χ1n) is 7.36. The quantitative estimate of drug-likeness (QED) is 0.832. The summed E-state index contributed by atoms with van der Waals surface area (Å²) in [4.78, 5) is 12.0. The Morgan fingerprint density at radius 2 is 1.79 bits per heavy atom. The Morgan fingerprint density at radius 1 is 1.12 bits per heavy atom. The van der Waals surface area contributed by atoms with Gasteiger partial charge in [0.05, 0.1) is 18.0 Å². The molecule has 128 valence electrons. The Kier molecular flexibility index (Phi) is 5.92. The summed E-state index contributed by atoms with van der Waals surface area (Å²) < 4.78 is 42.4. The lowest BCUT2D eigenvalue weighted by Gasteiger charge is -2.11. The molecule has 2 rings (SSSR count). The van der Waals surface area contributed by atoms with Crippen LogP contribution in [0.25, 0.3) is 0 Å². The highest BCUT2D eigenvalue weighted by Crippen LogP contribution is 2.23. The Bertz CT molecular complexity index is 804. The van der Waals surface area contributed by atoms with E-state index in [-0.39, 0.29) is 5.75 Å². The number of hydrogen-bond acceptors (Lipinski definition) is 4. The third-order valence-electron chi connectivity index (χ3n) is 3.11. The predicted octanol–water partition coefficient (Wildman–Crippen LogP) is 2.78. The molecule has 0 radical (unpaired) electrons. The number of halogens is 1. The number of hydrogen-bond donors (Lipinski definition) is 1. The molecular formula is C17H18FNO4S. The van der Waals surface area contributed by atoms with Crippen LogP contribution in [0.3, 0.4) is 0 Å². The molecule has 0 aliphatic heterocycles. The van der Waals surface area contributed by atoms with Crippen molar-refractivity contribution in [3.63, 3.8) is 0 Å². The maximum Gasteiger partial charge on any atom is 0.239 e. The fourth-order valence-corrected chi connectivity index (χ4v) is 3.40. The maximum absolute atomic E-state index is 12.8. The van der Waals surface area contributed by atoms with Gasteiger partial charge in [0.1, 0.15) is 17.3 Å². The zero-order valence-corrected chi connectivity index (χ0v) is 14.0. The summed E-state index contributed by atoms with van der Waals surface area (Å²) in [6.45, 7) is 2.24. The molecule has 0 bridgehead atoms. The molecular weight excluding hydrogens is 333 g/mol. The molecule has 1 N–H and O–H groups in total. The number of ether oxygens (including phenoxy) is 1. The Morgan fingerprint density at radius 3 is 2.46 bits per heavy atom. The molecule has 7 heteroatoms. The normalized spacial score (nSPS) is 11.1. The van der Waals surface area contributed by atoms with Gasteiger partial charge in [-0.15, -0.1) is 0 Å².